The molecule has 0 radical (unpaired) electrons. The molecule has 2 aliphatic heterocycles. The van der Waals surface area contributed by atoms with Gasteiger partial charge in [0, 0.05) is 44.3 Å². The van der Waals surface area contributed by atoms with Gasteiger partial charge in [-0.2, -0.15) is 0 Å². The molecule has 1 aromatic carbocycles. The third-order valence-corrected chi connectivity index (χ3v) is 7.50. The summed E-state index contributed by atoms with van der Waals surface area (Å²) in [4.78, 5) is 68.8. The Labute approximate surface area is 229 Å². The van der Waals surface area contributed by atoms with Crippen LogP contribution in [0, 0.1) is 3.57 Å². The summed E-state index contributed by atoms with van der Waals surface area (Å²) in [6.07, 6.45) is 3.08. The topological polar surface area (TPSA) is 145 Å². The molecule has 3 atom stereocenters. The summed E-state index contributed by atoms with van der Waals surface area (Å²) < 4.78 is 0.554. The van der Waals surface area contributed by atoms with Gasteiger partial charge in [-0.3, -0.25) is 24.1 Å². The van der Waals surface area contributed by atoms with Crippen LogP contribution >= 0.6 is 22.6 Å². The zero-order chi connectivity index (χ0) is 27.1. The lowest BCUT2D eigenvalue weighted by atomic mass is 9.97. The molecular weight excluding hydrogens is 595 g/mol. The molecule has 3 rings (SSSR count). The summed E-state index contributed by atoms with van der Waals surface area (Å²) in [6, 6.07) is 4.16. The number of rotatable bonds is 10. The molecule has 3 N–H and O–H groups in total. The molecule has 0 saturated carbocycles. The quantitative estimate of drug-likeness (QED) is 0.261. The predicted molar refractivity (Wildman–Crippen MR) is 141 cm³/mol. The number of nitrogens with zero attached hydrogens (tertiary/aromatic N) is 2. The number of likely N-dealkylation sites (tertiary alicyclic amines) is 1. The summed E-state index contributed by atoms with van der Waals surface area (Å²) in [6.45, 7) is 4.56. The van der Waals surface area contributed by atoms with Crippen LogP contribution in [0.4, 0.5) is 0 Å². The van der Waals surface area contributed by atoms with E-state index in [0.29, 0.717) is 26.3 Å². The lowest BCUT2D eigenvalue weighted by molar-refractivity contribution is -0.199. The highest BCUT2D eigenvalue weighted by molar-refractivity contribution is 14.1. The standard InChI is InChI=1S/C25H33IN4O7/c1-15-4-3-5-16(2)29(15)14-22(33)27-11-10-21(32)28-19(13-17-6-7-20(31)18(26)12-17)25(36)37-30-23(34)8-9-24(30)35/h6-7,12,15-16,19,31H,3-5,8-11,13-14H2,1-2H3,(H,27,33)(H,28,32). The van der Waals surface area contributed by atoms with Crippen molar-refractivity contribution in [3.05, 3.63) is 27.3 Å². The molecule has 2 aliphatic rings. The number of aromatic hydroxyl groups is 1. The van der Waals surface area contributed by atoms with Crippen LogP contribution in [-0.2, 0) is 35.2 Å². The summed E-state index contributed by atoms with van der Waals surface area (Å²) in [5.74, 6) is -2.81. The highest BCUT2D eigenvalue weighted by atomic mass is 127. The number of carbonyl (C=O) groups excluding carboxylic acids is 5. The Kier molecular flexibility index (Phi) is 10.3. The zero-order valence-corrected chi connectivity index (χ0v) is 23.2. The van der Waals surface area contributed by atoms with Crippen LogP contribution in [0.1, 0.15) is 57.9 Å². The van der Waals surface area contributed by atoms with Crippen LogP contribution in [0.25, 0.3) is 0 Å². The van der Waals surface area contributed by atoms with Crippen molar-refractivity contribution in [2.75, 3.05) is 13.1 Å². The lowest BCUT2D eigenvalue weighted by Gasteiger charge is -2.38. The molecule has 4 amide bonds. The molecular formula is C25H33IN4O7. The van der Waals surface area contributed by atoms with E-state index < -0.39 is 29.7 Å². The number of carbonyl (C=O) groups is 5. The molecule has 0 spiro atoms. The molecule has 2 fully saturated rings. The number of halogens is 1. The minimum atomic E-state index is -1.19. The molecule has 3 unspecified atom stereocenters. The van der Waals surface area contributed by atoms with Crippen LogP contribution in [0.2, 0.25) is 0 Å². The van der Waals surface area contributed by atoms with E-state index >= 15 is 0 Å². The fourth-order valence-electron chi connectivity index (χ4n) is 4.51. The highest BCUT2D eigenvalue weighted by Crippen LogP contribution is 2.22. The number of amides is 4. The van der Waals surface area contributed by atoms with Gasteiger partial charge < -0.3 is 20.6 Å². The van der Waals surface area contributed by atoms with Gasteiger partial charge in [-0.15, -0.1) is 5.06 Å². The van der Waals surface area contributed by atoms with Crippen molar-refractivity contribution < 1.29 is 33.9 Å². The fourth-order valence-corrected chi connectivity index (χ4v) is 5.09. The summed E-state index contributed by atoms with van der Waals surface area (Å²) in [5.41, 5.74) is 0.626. The van der Waals surface area contributed by atoms with E-state index in [-0.39, 0.29) is 50.4 Å². The van der Waals surface area contributed by atoms with Crippen molar-refractivity contribution in [3.8, 4) is 5.75 Å². The smallest absolute Gasteiger partial charge is 0.355 e. The molecule has 1 aromatic rings. The number of hydrogen-bond donors (Lipinski definition) is 3. The number of hydrogen-bond acceptors (Lipinski definition) is 8. The molecule has 0 aliphatic carbocycles. The van der Waals surface area contributed by atoms with Crippen molar-refractivity contribution >= 4 is 52.2 Å². The van der Waals surface area contributed by atoms with Gasteiger partial charge in [0.1, 0.15) is 11.8 Å². The van der Waals surface area contributed by atoms with Gasteiger partial charge in [0.25, 0.3) is 11.8 Å². The molecule has 12 heteroatoms. The molecule has 0 aromatic heterocycles. The van der Waals surface area contributed by atoms with Gasteiger partial charge in [0.2, 0.25) is 11.8 Å². The molecule has 2 heterocycles. The largest absolute Gasteiger partial charge is 0.507 e. The van der Waals surface area contributed by atoms with Gasteiger partial charge in [0.05, 0.1) is 10.1 Å². The van der Waals surface area contributed by atoms with Gasteiger partial charge in [0.15, 0.2) is 0 Å². The van der Waals surface area contributed by atoms with E-state index in [0.717, 1.165) is 19.3 Å². The molecule has 2 saturated heterocycles. The Bertz CT molecular complexity index is 1020. The first-order valence-corrected chi connectivity index (χ1v) is 13.5. The minimum absolute atomic E-state index is 0.00811. The van der Waals surface area contributed by atoms with Gasteiger partial charge >= 0.3 is 5.97 Å². The number of piperidine rings is 1. The van der Waals surface area contributed by atoms with Crippen LogP contribution < -0.4 is 10.6 Å². The Hall–Kier alpha value is -2.74. The predicted octanol–water partition coefficient (Wildman–Crippen LogP) is 1.40. The number of phenols is 1. The normalized spacial score (nSPS) is 21.0. The first kappa shape index (κ1) is 28.8. The number of hydroxylamine groups is 2. The first-order chi connectivity index (χ1) is 17.5. The van der Waals surface area contributed by atoms with E-state index in [1.54, 1.807) is 12.1 Å². The Morgan fingerprint density at radius 2 is 1.76 bits per heavy atom. The Morgan fingerprint density at radius 1 is 1.11 bits per heavy atom. The summed E-state index contributed by atoms with van der Waals surface area (Å²) in [5, 5.41) is 15.5. The summed E-state index contributed by atoms with van der Waals surface area (Å²) >= 11 is 1.94. The SMILES string of the molecule is CC1CCCC(C)N1CC(=O)NCCC(=O)NC(Cc1ccc(O)c(I)c1)C(=O)ON1C(=O)CCC1=O. The molecule has 202 valence electrons. The van der Waals surface area contributed by atoms with E-state index in [1.165, 1.54) is 6.07 Å². The number of phenolic OH excluding ortho intramolecular Hbond substituents is 1. The lowest BCUT2D eigenvalue weighted by Crippen LogP contribution is -2.49. The van der Waals surface area contributed by atoms with Gasteiger partial charge in [-0.25, -0.2) is 4.79 Å². The van der Waals surface area contributed by atoms with Crippen LogP contribution in [0.5, 0.6) is 5.75 Å². The van der Waals surface area contributed by atoms with Gasteiger partial charge in [-0.05, 0) is 67.0 Å². The van der Waals surface area contributed by atoms with Crippen molar-refractivity contribution in [2.45, 2.75) is 76.9 Å². The Balaban J connectivity index is 1.56. The first-order valence-electron chi connectivity index (χ1n) is 12.4. The van der Waals surface area contributed by atoms with E-state index in [2.05, 4.69) is 29.4 Å². The highest BCUT2D eigenvalue weighted by Gasteiger charge is 2.35. The Morgan fingerprint density at radius 3 is 2.38 bits per heavy atom. The second-order valence-corrected chi connectivity index (χ2v) is 10.7. The monoisotopic (exact) mass is 628 g/mol. The van der Waals surface area contributed by atoms with Crippen LogP contribution in [0.3, 0.4) is 0 Å². The second kappa shape index (κ2) is 13.2. The number of imide groups is 1. The van der Waals surface area contributed by atoms with Gasteiger partial charge in [-0.1, -0.05) is 12.5 Å². The van der Waals surface area contributed by atoms with Crippen LogP contribution in [0.15, 0.2) is 18.2 Å². The van der Waals surface area contributed by atoms with Crippen molar-refractivity contribution in [1.82, 2.24) is 20.6 Å². The molecule has 11 nitrogen and oxygen atoms in total. The average Bonchev–Trinajstić information content (AvgIpc) is 3.15. The average molecular weight is 628 g/mol. The number of nitrogens with one attached hydrogen (secondary N) is 2. The third kappa shape index (κ3) is 8.12. The second-order valence-electron chi connectivity index (χ2n) is 9.50. The zero-order valence-electron chi connectivity index (χ0n) is 21.0. The van der Waals surface area contributed by atoms with Crippen LogP contribution in [-0.4, -0.2) is 75.9 Å². The van der Waals surface area contributed by atoms with Crippen molar-refractivity contribution in [2.24, 2.45) is 0 Å². The minimum Gasteiger partial charge on any atom is -0.507 e. The fraction of sp³-hybridized carbons (Fsp3) is 0.560. The maximum Gasteiger partial charge on any atom is 0.355 e. The van der Waals surface area contributed by atoms with E-state index in [9.17, 15) is 29.1 Å². The third-order valence-electron chi connectivity index (χ3n) is 6.64. The van der Waals surface area contributed by atoms with E-state index in [4.69, 9.17) is 4.84 Å². The van der Waals surface area contributed by atoms with Crippen molar-refractivity contribution in [1.29, 1.82) is 0 Å². The maximum atomic E-state index is 12.8. The van der Waals surface area contributed by atoms with E-state index in [1.807, 2.05) is 22.6 Å². The number of benzene rings is 1. The van der Waals surface area contributed by atoms with Crippen molar-refractivity contribution in [3.63, 3.8) is 0 Å². The summed E-state index contributed by atoms with van der Waals surface area (Å²) in [7, 11) is 0. The molecule has 37 heavy (non-hydrogen) atoms. The maximum absolute atomic E-state index is 12.8. The molecule has 0 bridgehead atoms.